The highest BCUT2D eigenvalue weighted by Gasteiger charge is 2.18. The molecule has 0 bridgehead atoms. The molecule has 5 nitrogen and oxygen atoms in total. The highest BCUT2D eigenvalue weighted by atomic mass is 35.5. The molecule has 3 N–H and O–H groups in total. The lowest BCUT2D eigenvalue weighted by atomic mass is 9.89. The third-order valence-corrected chi connectivity index (χ3v) is 4.45. The zero-order chi connectivity index (χ0) is 15.9. The van der Waals surface area contributed by atoms with Crippen molar-refractivity contribution in [3.8, 4) is 0 Å². The first-order valence-electron chi connectivity index (χ1n) is 7.44. The van der Waals surface area contributed by atoms with Gasteiger partial charge in [0.05, 0.1) is 5.01 Å². The highest BCUT2D eigenvalue weighted by Crippen LogP contribution is 2.22. The molecule has 2 rings (SSSR count). The minimum atomic E-state index is -0.130. The number of nitrogens with zero attached hydrogens (tertiary/aromatic N) is 2. The number of carbonyl (C=O) groups excluding carboxylic acids is 1. The number of carbonyl (C=O) groups is 1. The lowest BCUT2D eigenvalue weighted by Gasteiger charge is -2.21. The Balaban J connectivity index is 0.00000264. The predicted octanol–water partition coefficient (Wildman–Crippen LogP) is 3.05. The molecule has 1 amide bonds. The molecule has 0 radical (unpaired) electrons. The average molecular weight is 391 g/mol. The lowest BCUT2D eigenvalue weighted by Crippen LogP contribution is -2.30. The molecule has 0 aliphatic rings. The third kappa shape index (κ3) is 6.36. The maximum Gasteiger partial charge on any atom is 0.270 e. The maximum atomic E-state index is 12.2. The first-order chi connectivity index (χ1) is 10.6. The molecule has 134 valence electrons. The summed E-state index contributed by atoms with van der Waals surface area (Å²) in [6.45, 7) is 5.41. The summed E-state index contributed by atoms with van der Waals surface area (Å²) in [6, 6.07) is 3.97. The first-order valence-corrected chi connectivity index (χ1v) is 8.32. The Labute approximate surface area is 159 Å². The first kappa shape index (κ1) is 22.8. The van der Waals surface area contributed by atoms with E-state index in [-0.39, 0.29) is 36.6 Å². The van der Waals surface area contributed by atoms with Gasteiger partial charge in [-0.2, -0.15) is 0 Å². The van der Waals surface area contributed by atoms with Crippen molar-refractivity contribution in [1.29, 1.82) is 0 Å². The van der Waals surface area contributed by atoms with Crippen LogP contribution >= 0.6 is 36.2 Å². The van der Waals surface area contributed by atoms with Crippen molar-refractivity contribution in [2.45, 2.75) is 26.2 Å². The summed E-state index contributed by atoms with van der Waals surface area (Å²) in [4.78, 5) is 20.7. The number of amides is 1. The molecule has 0 saturated heterocycles. The van der Waals surface area contributed by atoms with Gasteiger partial charge >= 0.3 is 0 Å². The SMILES string of the molecule is CC(C)C(CNC(=O)c1csc(CCN)n1)c1cccnc1.Cl.Cl. The van der Waals surface area contributed by atoms with Gasteiger partial charge in [0, 0.05) is 36.7 Å². The van der Waals surface area contributed by atoms with E-state index in [4.69, 9.17) is 5.73 Å². The van der Waals surface area contributed by atoms with Crippen molar-refractivity contribution in [1.82, 2.24) is 15.3 Å². The average Bonchev–Trinajstić information content (AvgIpc) is 2.97. The maximum absolute atomic E-state index is 12.2. The molecular formula is C16H24Cl2N4OS. The van der Waals surface area contributed by atoms with Crippen LogP contribution < -0.4 is 11.1 Å². The largest absolute Gasteiger partial charge is 0.350 e. The van der Waals surface area contributed by atoms with Crippen molar-refractivity contribution in [2.24, 2.45) is 11.7 Å². The molecule has 1 unspecified atom stereocenters. The highest BCUT2D eigenvalue weighted by molar-refractivity contribution is 7.09. The molecule has 2 aromatic rings. The van der Waals surface area contributed by atoms with Crippen LogP contribution in [0.25, 0.3) is 0 Å². The summed E-state index contributed by atoms with van der Waals surface area (Å²) in [7, 11) is 0. The van der Waals surface area contributed by atoms with Crippen LogP contribution in [0.15, 0.2) is 29.9 Å². The lowest BCUT2D eigenvalue weighted by molar-refractivity contribution is 0.0944. The summed E-state index contributed by atoms with van der Waals surface area (Å²) in [5, 5.41) is 5.67. The van der Waals surface area contributed by atoms with E-state index in [0.717, 1.165) is 10.6 Å². The fourth-order valence-corrected chi connectivity index (χ4v) is 3.07. The Hall–Kier alpha value is -1.21. The molecule has 0 saturated carbocycles. The van der Waals surface area contributed by atoms with E-state index in [9.17, 15) is 4.79 Å². The molecule has 2 aromatic heterocycles. The number of aromatic nitrogens is 2. The fourth-order valence-electron chi connectivity index (χ4n) is 2.28. The van der Waals surface area contributed by atoms with Gasteiger partial charge in [0.15, 0.2) is 0 Å². The zero-order valence-electron chi connectivity index (χ0n) is 13.8. The number of hydrogen-bond acceptors (Lipinski definition) is 5. The molecular weight excluding hydrogens is 367 g/mol. The second-order valence-corrected chi connectivity index (χ2v) is 6.45. The number of nitrogens with two attached hydrogens (primary N) is 1. The van der Waals surface area contributed by atoms with Gasteiger partial charge in [-0.1, -0.05) is 19.9 Å². The van der Waals surface area contributed by atoms with Gasteiger partial charge in [-0.05, 0) is 24.1 Å². The van der Waals surface area contributed by atoms with E-state index >= 15 is 0 Å². The monoisotopic (exact) mass is 390 g/mol. The van der Waals surface area contributed by atoms with Crippen LogP contribution in [0, 0.1) is 5.92 Å². The van der Waals surface area contributed by atoms with Crippen LogP contribution in [-0.2, 0) is 6.42 Å². The summed E-state index contributed by atoms with van der Waals surface area (Å²) in [5.74, 6) is 0.515. The van der Waals surface area contributed by atoms with Crippen molar-refractivity contribution in [3.63, 3.8) is 0 Å². The standard InChI is InChI=1S/C16H22N4OS.2ClH/c1-11(2)13(12-4-3-7-18-8-12)9-19-16(21)14-10-22-15(20-14)5-6-17;;/h3-4,7-8,10-11,13H,5-6,9,17H2,1-2H3,(H,19,21);2*1H. The van der Waals surface area contributed by atoms with E-state index in [1.807, 2.05) is 18.3 Å². The molecule has 0 spiro atoms. The van der Waals surface area contributed by atoms with Gasteiger partial charge in [-0.3, -0.25) is 9.78 Å². The summed E-state index contributed by atoms with van der Waals surface area (Å²) in [6.07, 6.45) is 4.33. The second kappa shape index (κ2) is 11.4. The number of thiazole rings is 1. The Kier molecular flexibility index (Phi) is 10.8. The molecule has 0 fully saturated rings. The smallest absolute Gasteiger partial charge is 0.270 e. The summed E-state index contributed by atoms with van der Waals surface area (Å²) in [5.41, 5.74) is 7.12. The predicted molar refractivity (Wildman–Crippen MR) is 104 cm³/mol. The quantitative estimate of drug-likeness (QED) is 0.760. The van der Waals surface area contributed by atoms with E-state index in [1.165, 1.54) is 11.3 Å². The Morgan fingerprint density at radius 1 is 1.38 bits per heavy atom. The molecule has 0 aromatic carbocycles. The molecule has 24 heavy (non-hydrogen) atoms. The Morgan fingerprint density at radius 3 is 2.71 bits per heavy atom. The van der Waals surface area contributed by atoms with Crippen molar-refractivity contribution < 1.29 is 4.79 Å². The van der Waals surface area contributed by atoms with Gasteiger partial charge in [0.2, 0.25) is 0 Å². The molecule has 0 aliphatic heterocycles. The van der Waals surface area contributed by atoms with E-state index in [2.05, 4.69) is 29.1 Å². The van der Waals surface area contributed by atoms with Gasteiger partial charge < -0.3 is 11.1 Å². The van der Waals surface area contributed by atoms with Crippen molar-refractivity contribution in [2.75, 3.05) is 13.1 Å². The van der Waals surface area contributed by atoms with Crippen LogP contribution in [-0.4, -0.2) is 29.0 Å². The zero-order valence-corrected chi connectivity index (χ0v) is 16.2. The van der Waals surface area contributed by atoms with Crippen LogP contribution in [0.1, 0.15) is 40.8 Å². The fraction of sp³-hybridized carbons (Fsp3) is 0.438. The normalized spacial score (nSPS) is 11.3. The third-order valence-electron chi connectivity index (χ3n) is 3.54. The van der Waals surface area contributed by atoms with Gasteiger partial charge in [0.25, 0.3) is 5.91 Å². The minimum absolute atomic E-state index is 0. The van der Waals surface area contributed by atoms with Crippen molar-refractivity contribution in [3.05, 3.63) is 46.2 Å². The molecule has 2 heterocycles. The van der Waals surface area contributed by atoms with Gasteiger partial charge in [-0.15, -0.1) is 36.2 Å². The van der Waals surface area contributed by atoms with Gasteiger partial charge in [-0.25, -0.2) is 4.98 Å². The van der Waals surface area contributed by atoms with Crippen LogP contribution in [0.2, 0.25) is 0 Å². The number of nitrogens with one attached hydrogen (secondary N) is 1. The number of halogens is 2. The topological polar surface area (TPSA) is 80.9 Å². The van der Waals surface area contributed by atoms with Crippen LogP contribution in [0.5, 0.6) is 0 Å². The van der Waals surface area contributed by atoms with Crippen LogP contribution in [0.4, 0.5) is 0 Å². The van der Waals surface area contributed by atoms with E-state index in [1.54, 1.807) is 11.6 Å². The number of rotatable bonds is 7. The molecule has 0 aliphatic carbocycles. The summed E-state index contributed by atoms with van der Waals surface area (Å²) >= 11 is 1.48. The molecule has 1 atom stereocenters. The van der Waals surface area contributed by atoms with E-state index in [0.29, 0.717) is 31.1 Å². The Bertz CT molecular complexity index is 607. The molecule has 8 heteroatoms. The number of hydrogen-bond donors (Lipinski definition) is 2. The summed E-state index contributed by atoms with van der Waals surface area (Å²) < 4.78 is 0. The minimum Gasteiger partial charge on any atom is -0.350 e. The van der Waals surface area contributed by atoms with Crippen molar-refractivity contribution >= 4 is 42.1 Å². The van der Waals surface area contributed by atoms with Gasteiger partial charge in [0.1, 0.15) is 5.69 Å². The van der Waals surface area contributed by atoms with E-state index < -0.39 is 0 Å². The Morgan fingerprint density at radius 2 is 2.12 bits per heavy atom. The van der Waals surface area contributed by atoms with Crippen LogP contribution in [0.3, 0.4) is 0 Å². The second-order valence-electron chi connectivity index (χ2n) is 5.51. The number of pyridine rings is 1.